The molecule has 0 N–H and O–H groups in total. The number of benzene rings is 1. The molecule has 0 amide bonds. The fraction of sp³-hybridized carbons (Fsp3) is 0.143. The van der Waals surface area contributed by atoms with E-state index in [2.05, 4.69) is 0 Å². The van der Waals surface area contributed by atoms with Gasteiger partial charge in [-0.3, -0.25) is 30.3 Å². The third-order valence-electron chi connectivity index (χ3n) is 1.81. The Morgan fingerprint density at radius 1 is 0.938 bits per heavy atom. The second-order valence-corrected chi connectivity index (χ2v) is 2.78. The molecular formula is C7H5N3O6. The quantitative estimate of drug-likeness (QED) is 0.562. The zero-order valence-electron chi connectivity index (χ0n) is 7.73. The van der Waals surface area contributed by atoms with Gasteiger partial charge in [-0.25, -0.2) is 0 Å². The minimum Gasteiger partial charge on any atom is -0.264 e. The van der Waals surface area contributed by atoms with Crippen molar-refractivity contribution in [2.45, 2.75) is 6.54 Å². The van der Waals surface area contributed by atoms with Gasteiger partial charge in [0, 0.05) is 17.1 Å². The number of nitrogens with zero attached hydrogens (tertiary/aromatic N) is 3. The van der Waals surface area contributed by atoms with Crippen molar-refractivity contribution in [1.29, 1.82) is 0 Å². The van der Waals surface area contributed by atoms with Gasteiger partial charge < -0.3 is 0 Å². The lowest BCUT2D eigenvalue weighted by Gasteiger charge is -1.99. The van der Waals surface area contributed by atoms with Crippen molar-refractivity contribution in [3.8, 4) is 0 Å². The van der Waals surface area contributed by atoms with E-state index in [0.717, 1.165) is 18.2 Å². The molecule has 0 radical (unpaired) electrons. The molecule has 9 nitrogen and oxygen atoms in total. The Morgan fingerprint density at radius 2 is 1.38 bits per heavy atom. The molecule has 0 aromatic heterocycles. The molecule has 16 heavy (non-hydrogen) atoms. The summed E-state index contributed by atoms with van der Waals surface area (Å²) in [5, 5.41) is 31.4. The summed E-state index contributed by atoms with van der Waals surface area (Å²) in [5.41, 5.74) is -1.74. The Balaban J connectivity index is 3.40. The summed E-state index contributed by atoms with van der Waals surface area (Å²) in [6, 6.07) is 3.09. The van der Waals surface area contributed by atoms with Crippen molar-refractivity contribution < 1.29 is 14.8 Å². The van der Waals surface area contributed by atoms with E-state index < -0.39 is 38.3 Å². The molecule has 0 fully saturated rings. The van der Waals surface area contributed by atoms with E-state index in [9.17, 15) is 30.3 Å². The van der Waals surface area contributed by atoms with Crippen LogP contribution in [-0.4, -0.2) is 14.8 Å². The molecule has 0 spiro atoms. The largest absolute Gasteiger partial charge is 0.286 e. The maximum Gasteiger partial charge on any atom is 0.286 e. The molecule has 0 saturated carbocycles. The molecular weight excluding hydrogens is 222 g/mol. The minimum atomic E-state index is -0.951. The summed E-state index contributed by atoms with van der Waals surface area (Å²) in [5.74, 6) is 0. The van der Waals surface area contributed by atoms with E-state index in [1.807, 2.05) is 0 Å². The first-order valence-corrected chi connectivity index (χ1v) is 3.96. The average molecular weight is 227 g/mol. The van der Waals surface area contributed by atoms with Crippen LogP contribution in [0.15, 0.2) is 18.2 Å². The maximum absolute atomic E-state index is 10.5. The van der Waals surface area contributed by atoms with Crippen LogP contribution in [0.1, 0.15) is 5.56 Å². The first-order valence-electron chi connectivity index (χ1n) is 3.96. The van der Waals surface area contributed by atoms with Crippen LogP contribution in [-0.2, 0) is 6.54 Å². The summed E-state index contributed by atoms with van der Waals surface area (Å²) >= 11 is 0. The van der Waals surface area contributed by atoms with Crippen LogP contribution in [0.3, 0.4) is 0 Å². The van der Waals surface area contributed by atoms with Gasteiger partial charge in [-0.2, -0.15) is 0 Å². The standard InChI is InChI=1S/C7H5N3O6/c11-8(12)4-5-6(9(13)14)2-1-3-7(5)10(15)16/h1-3H,4H2. The van der Waals surface area contributed by atoms with Crippen LogP contribution in [0.2, 0.25) is 0 Å². The second kappa shape index (κ2) is 4.29. The Hall–Kier alpha value is -2.58. The van der Waals surface area contributed by atoms with Gasteiger partial charge in [0.2, 0.25) is 6.54 Å². The van der Waals surface area contributed by atoms with Crippen LogP contribution in [0, 0.1) is 30.3 Å². The average Bonchev–Trinajstić information content (AvgIpc) is 2.16. The maximum atomic E-state index is 10.5. The Morgan fingerprint density at radius 3 is 1.69 bits per heavy atom. The lowest BCUT2D eigenvalue weighted by Crippen LogP contribution is -2.06. The molecule has 0 bridgehead atoms. The van der Waals surface area contributed by atoms with Crippen LogP contribution in [0.5, 0.6) is 0 Å². The van der Waals surface area contributed by atoms with Gasteiger partial charge in [-0.05, 0) is 6.07 Å². The fourth-order valence-corrected chi connectivity index (χ4v) is 1.20. The summed E-state index contributed by atoms with van der Waals surface area (Å²) in [6.07, 6.45) is 0. The van der Waals surface area contributed by atoms with Crippen molar-refractivity contribution in [2.75, 3.05) is 0 Å². The molecule has 0 saturated heterocycles. The number of nitro benzene ring substituents is 2. The number of nitro groups is 3. The van der Waals surface area contributed by atoms with Gasteiger partial charge in [0.05, 0.1) is 9.85 Å². The van der Waals surface area contributed by atoms with Gasteiger partial charge in [0.25, 0.3) is 11.4 Å². The first kappa shape index (κ1) is 11.5. The molecule has 84 valence electrons. The molecule has 1 aromatic carbocycles. The molecule has 9 heteroatoms. The smallest absolute Gasteiger partial charge is 0.264 e. The topological polar surface area (TPSA) is 129 Å². The highest BCUT2D eigenvalue weighted by Gasteiger charge is 2.28. The van der Waals surface area contributed by atoms with Crippen molar-refractivity contribution in [3.63, 3.8) is 0 Å². The number of hydrogen-bond acceptors (Lipinski definition) is 6. The third-order valence-corrected chi connectivity index (χ3v) is 1.81. The van der Waals surface area contributed by atoms with Gasteiger partial charge in [-0.1, -0.05) is 0 Å². The predicted molar refractivity (Wildman–Crippen MR) is 50.4 cm³/mol. The SMILES string of the molecule is O=[N+]([O-])Cc1c([N+](=O)[O-])cccc1[N+](=O)[O-]. The lowest BCUT2D eigenvalue weighted by atomic mass is 10.1. The summed E-state index contributed by atoms with van der Waals surface area (Å²) in [6.45, 7) is -0.951. The second-order valence-electron chi connectivity index (χ2n) is 2.78. The molecule has 1 rings (SSSR count). The third kappa shape index (κ3) is 2.26. The van der Waals surface area contributed by atoms with Crippen molar-refractivity contribution in [1.82, 2.24) is 0 Å². The Kier molecular flexibility index (Phi) is 3.09. The van der Waals surface area contributed by atoms with Crippen molar-refractivity contribution in [3.05, 3.63) is 54.1 Å². The van der Waals surface area contributed by atoms with Crippen LogP contribution in [0.25, 0.3) is 0 Å². The Bertz CT molecular complexity index is 439. The molecule has 0 aliphatic carbocycles. The first-order chi connectivity index (χ1) is 7.43. The van der Waals surface area contributed by atoms with Crippen molar-refractivity contribution in [2.24, 2.45) is 0 Å². The molecule has 0 unspecified atom stereocenters. The summed E-state index contributed by atoms with van der Waals surface area (Å²) in [7, 11) is 0. The zero-order chi connectivity index (χ0) is 12.3. The van der Waals surface area contributed by atoms with E-state index >= 15 is 0 Å². The van der Waals surface area contributed by atoms with Crippen LogP contribution < -0.4 is 0 Å². The molecule has 1 aromatic rings. The monoisotopic (exact) mass is 227 g/mol. The summed E-state index contributed by atoms with van der Waals surface area (Å²) < 4.78 is 0. The normalized spacial score (nSPS) is 9.75. The Labute approximate surface area is 87.8 Å². The van der Waals surface area contributed by atoms with E-state index in [-0.39, 0.29) is 0 Å². The summed E-state index contributed by atoms with van der Waals surface area (Å²) in [4.78, 5) is 28.7. The van der Waals surface area contributed by atoms with Crippen LogP contribution >= 0.6 is 0 Å². The van der Waals surface area contributed by atoms with Gasteiger partial charge in [-0.15, -0.1) is 0 Å². The predicted octanol–water partition coefficient (Wildman–Crippen LogP) is 1.28. The highest BCUT2D eigenvalue weighted by Crippen LogP contribution is 2.28. The minimum absolute atomic E-state index is 0.498. The van der Waals surface area contributed by atoms with Crippen LogP contribution in [0.4, 0.5) is 11.4 Å². The van der Waals surface area contributed by atoms with E-state index in [4.69, 9.17) is 0 Å². The molecule has 0 atom stereocenters. The highest BCUT2D eigenvalue weighted by molar-refractivity contribution is 5.53. The van der Waals surface area contributed by atoms with Gasteiger partial charge in [0.1, 0.15) is 0 Å². The molecule has 0 heterocycles. The van der Waals surface area contributed by atoms with E-state index in [1.54, 1.807) is 0 Å². The molecule has 0 aliphatic rings. The van der Waals surface area contributed by atoms with E-state index in [1.165, 1.54) is 0 Å². The number of hydrogen-bond donors (Lipinski definition) is 0. The zero-order valence-corrected chi connectivity index (χ0v) is 7.73. The van der Waals surface area contributed by atoms with E-state index in [0.29, 0.717) is 0 Å². The van der Waals surface area contributed by atoms with Crippen molar-refractivity contribution >= 4 is 11.4 Å². The molecule has 0 aliphatic heterocycles. The fourth-order valence-electron chi connectivity index (χ4n) is 1.20. The lowest BCUT2D eigenvalue weighted by molar-refractivity contribution is -0.500. The van der Waals surface area contributed by atoms with Gasteiger partial charge in [0.15, 0.2) is 5.56 Å². The van der Waals surface area contributed by atoms with Gasteiger partial charge >= 0.3 is 0 Å². The highest BCUT2D eigenvalue weighted by atomic mass is 16.6. The number of rotatable bonds is 4.